The van der Waals surface area contributed by atoms with Gasteiger partial charge in [-0.1, -0.05) is 193 Å². The van der Waals surface area contributed by atoms with Gasteiger partial charge in [-0.3, -0.25) is 9.59 Å². The summed E-state index contributed by atoms with van der Waals surface area (Å²) in [5, 5.41) is 9.57. The van der Waals surface area contributed by atoms with Crippen LogP contribution in [-0.2, 0) is 19.1 Å². The third kappa shape index (κ3) is 37.5. The number of unbranched alkanes of at least 4 members (excludes halogenated alkanes) is 29. The fourth-order valence-corrected chi connectivity index (χ4v) is 6.31. The number of ether oxygens (including phenoxy) is 2. The van der Waals surface area contributed by atoms with Crippen LogP contribution in [0.2, 0.25) is 0 Å². The molecule has 0 aliphatic rings. The van der Waals surface area contributed by atoms with Crippen LogP contribution in [0.25, 0.3) is 0 Å². The average molecular weight is 679 g/mol. The number of carbonyl (C=O) groups excluding carboxylic acids is 2. The van der Waals surface area contributed by atoms with E-state index in [1.165, 1.54) is 167 Å². The van der Waals surface area contributed by atoms with E-state index in [2.05, 4.69) is 26.0 Å². The topological polar surface area (TPSA) is 72.8 Å². The molecule has 284 valence electrons. The standard InChI is InChI=1S/C43H82O5/c1-3-5-7-9-11-13-15-17-19-21-23-25-27-29-31-33-35-37-42(45)47-40-41(39-44)48-43(46)38-36-34-32-30-28-26-24-22-20-18-16-14-12-10-8-6-4-2/h17,19,41,44H,3-16,18,20-40H2,1-2H3/b19-17+/t41-/m0/s1. The molecule has 0 radical (unpaired) electrons. The molecule has 0 aromatic carbocycles. The maximum absolute atomic E-state index is 12.2. The Morgan fingerprint density at radius 2 is 0.771 bits per heavy atom. The lowest BCUT2D eigenvalue weighted by Gasteiger charge is -2.15. The van der Waals surface area contributed by atoms with Gasteiger partial charge in [-0.2, -0.15) is 0 Å². The molecule has 0 unspecified atom stereocenters. The Morgan fingerprint density at radius 1 is 0.458 bits per heavy atom. The van der Waals surface area contributed by atoms with Crippen molar-refractivity contribution < 1.29 is 24.2 Å². The molecule has 0 amide bonds. The fourth-order valence-electron chi connectivity index (χ4n) is 6.31. The summed E-state index contributed by atoms with van der Waals surface area (Å²) in [5.41, 5.74) is 0. The van der Waals surface area contributed by atoms with Gasteiger partial charge in [-0.05, 0) is 38.5 Å². The van der Waals surface area contributed by atoms with Crippen molar-refractivity contribution in [2.45, 2.75) is 238 Å². The summed E-state index contributed by atoms with van der Waals surface area (Å²) in [6.07, 6.45) is 45.6. The number of aliphatic hydroxyl groups excluding tert-OH is 1. The highest BCUT2D eigenvalue weighted by atomic mass is 16.6. The molecular formula is C43H82O5. The molecule has 0 rings (SSSR count). The third-order valence-corrected chi connectivity index (χ3v) is 9.56. The largest absolute Gasteiger partial charge is 0.462 e. The molecule has 0 spiro atoms. The minimum Gasteiger partial charge on any atom is -0.462 e. The second-order valence-electron chi connectivity index (χ2n) is 14.4. The number of hydrogen-bond donors (Lipinski definition) is 1. The van der Waals surface area contributed by atoms with Gasteiger partial charge in [0.25, 0.3) is 0 Å². The summed E-state index contributed by atoms with van der Waals surface area (Å²) in [5.74, 6) is -0.583. The van der Waals surface area contributed by atoms with E-state index in [4.69, 9.17) is 9.47 Å². The lowest BCUT2D eigenvalue weighted by molar-refractivity contribution is -0.161. The lowest BCUT2D eigenvalue weighted by atomic mass is 10.0. The maximum atomic E-state index is 12.2. The van der Waals surface area contributed by atoms with Crippen LogP contribution < -0.4 is 0 Å². The number of carbonyl (C=O) groups is 2. The molecule has 0 aliphatic carbocycles. The Balaban J connectivity index is 3.50. The molecule has 5 nitrogen and oxygen atoms in total. The van der Waals surface area contributed by atoms with E-state index >= 15 is 0 Å². The number of rotatable bonds is 39. The van der Waals surface area contributed by atoms with Crippen LogP contribution in [0.3, 0.4) is 0 Å². The van der Waals surface area contributed by atoms with Gasteiger partial charge in [0.05, 0.1) is 6.61 Å². The Morgan fingerprint density at radius 3 is 1.12 bits per heavy atom. The highest BCUT2D eigenvalue weighted by Gasteiger charge is 2.16. The second-order valence-corrected chi connectivity index (χ2v) is 14.4. The van der Waals surface area contributed by atoms with Gasteiger partial charge in [0.2, 0.25) is 0 Å². The van der Waals surface area contributed by atoms with Crippen LogP contribution in [0.15, 0.2) is 12.2 Å². The number of esters is 2. The zero-order valence-electron chi connectivity index (χ0n) is 32.3. The fraction of sp³-hybridized carbons (Fsp3) is 0.907. The van der Waals surface area contributed by atoms with E-state index in [1.807, 2.05) is 0 Å². The van der Waals surface area contributed by atoms with Crippen molar-refractivity contribution >= 4 is 11.9 Å². The molecule has 0 aromatic rings. The Hall–Kier alpha value is -1.36. The summed E-state index contributed by atoms with van der Waals surface area (Å²) in [7, 11) is 0. The van der Waals surface area contributed by atoms with Crippen molar-refractivity contribution in [3.05, 3.63) is 12.2 Å². The highest BCUT2D eigenvalue weighted by Crippen LogP contribution is 2.15. The number of hydrogen-bond acceptors (Lipinski definition) is 5. The van der Waals surface area contributed by atoms with E-state index in [-0.39, 0.29) is 25.2 Å². The molecule has 0 saturated heterocycles. The first kappa shape index (κ1) is 46.6. The van der Waals surface area contributed by atoms with E-state index in [9.17, 15) is 14.7 Å². The van der Waals surface area contributed by atoms with Crippen molar-refractivity contribution in [1.29, 1.82) is 0 Å². The monoisotopic (exact) mass is 679 g/mol. The summed E-state index contributed by atoms with van der Waals surface area (Å²) in [6.45, 7) is 4.16. The maximum Gasteiger partial charge on any atom is 0.306 e. The first-order valence-corrected chi connectivity index (χ1v) is 21.2. The lowest BCUT2D eigenvalue weighted by Crippen LogP contribution is -2.28. The summed E-state index contributed by atoms with van der Waals surface area (Å²) < 4.78 is 10.6. The minimum atomic E-state index is -0.766. The Labute approximate surface area is 299 Å². The van der Waals surface area contributed by atoms with Crippen LogP contribution in [0.1, 0.15) is 232 Å². The predicted molar refractivity (Wildman–Crippen MR) is 205 cm³/mol. The second kappa shape index (κ2) is 40.1. The normalized spacial score (nSPS) is 12.1. The van der Waals surface area contributed by atoms with Crippen LogP contribution in [0, 0.1) is 0 Å². The smallest absolute Gasteiger partial charge is 0.306 e. The molecule has 0 fully saturated rings. The van der Waals surface area contributed by atoms with E-state index in [0.29, 0.717) is 12.8 Å². The van der Waals surface area contributed by atoms with Gasteiger partial charge in [-0.25, -0.2) is 0 Å². The van der Waals surface area contributed by atoms with Gasteiger partial charge in [0, 0.05) is 12.8 Å². The molecule has 48 heavy (non-hydrogen) atoms. The van der Waals surface area contributed by atoms with Crippen molar-refractivity contribution in [3.63, 3.8) is 0 Å². The molecule has 0 aromatic heterocycles. The third-order valence-electron chi connectivity index (χ3n) is 9.56. The average Bonchev–Trinajstić information content (AvgIpc) is 3.09. The van der Waals surface area contributed by atoms with Crippen LogP contribution in [0.4, 0.5) is 0 Å². The molecule has 0 aliphatic heterocycles. The quantitative estimate of drug-likeness (QED) is 0.0398. The minimum absolute atomic E-state index is 0.0620. The van der Waals surface area contributed by atoms with E-state index < -0.39 is 6.10 Å². The van der Waals surface area contributed by atoms with Crippen LogP contribution >= 0.6 is 0 Å². The molecular weight excluding hydrogens is 596 g/mol. The molecule has 0 heterocycles. The van der Waals surface area contributed by atoms with Crippen molar-refractivity contribution in [2.75, 3.05) is 13.2 Å². The van der Waals surface area contributed by atoms with Crippen LogP contribution in [0.5, 0.6) is 0 Å². The first-order valence-electron chi connectivity index (χ1n) is 21.2. The summed E-state index contributed by atoms with van der Waals surface area (Å²) >= 11 is 0. The van der Waals surface area contributed by atoms with E-state index in [1.54, 1.807) is 0 Å². The number of aliphatic hydroxyl groups is 1. The zero-order valence-corrected chi connectivity index (χ0v) is 32.3. The zero-order chi connectivity index (χ0) is 35.0. The highest BCUT2D eigenvalue weighted by molar-refractivity contribution is 5.70. The van der Waals surface area contributed by atoms with Gasteiger partial charge >= 0.3 is 11.9 Å². The first-order chi connectivity index (χ1) is 23.6. The molecule has 1 atom stereocenters. The molecule has 0 bridgehead atoms. The van der Waals surface area contributed by atoms with Crippen molar-refractivity contribution in [1.82, 2.24) is 0 Å². The van der Waals surface area contributed by atoms with Crippen molar-refractivity contribution in [2.24, 2.45) is 0 Å². The SMILES string of the molecule is CCCCCCCC/C=C/CCCCCCCCCC(=O)OC[C@H](CO)OC(=O)CCCCCCCCCCCCCCCCCCC. The van der Waals surface area contributed by atoms with Crippen molar-refractivity contribution in [3.8, 4) is 0 Å². The van der Waals surface area contributed by atoms with Gasteiger partial charge < -0.3 is 14.6 Å². The van der Waals surface area contributed by atoms with Gasteiger partial charge in [-0.15, -0.1) is 0 Å². The predicted octanol–water partition coefficient (Wildman–Crippen LogP) is 13.3. The Kier molecular flexibility index (Phi) is 38.9. The van der Waals surface area contributed by atoms with Gasteiger partial charge in [0.15, 0.2) is 6.10 Å². The molecule has 5 heteroatoms. The summed E-state index contributed by atoms with van der Waals surface area (Å²) in [4.78, 5) is 24.3. The molecule has 0 saturated carbocycles. The summed E-state index contributed by atoms with van der Waals surface area (Å²) in [6, 6.07) is 0. The Bertz CT molecular complexity index is 691. The van der Waals surface area contributed by atoms with Gasteiger partial charge in [0.1, 0.15) is 6.61 Å². The molecule has 1 N–H and O–H groups in total. The number of allylic oxidation sites excluding steroid dienone is 2. The van der Waals surface area contributed by atoms with Crippen LogP contribution in [-0.4, -0.2) is 36.4 Å². The van der Waals surface area contributed by atoms with E-state index in [0.717, 1.165) is 38.5 Å².